The molecular weight excluding hydrogens is 212 g/mol. The van der Waals surface area contributed by atoms with Gasteiger partial charge in [0.2, 0.25) is 0 Å². The first-order valence-corrected chi connectivity index (χ1v) is 5.75. The molecule has 0 aliphatic carbocycles. The van der Waals surface area contributed by atoms with Gasteiger partial charge in [-0.2, -0.15) is 0 Å². The van der Waals surface area contributed by atoms with E-state index >= 15 is 0 Å². The molecule has 0 spiro atoms. The molecule has 3 nitrogen and oxygen atoms in total. The molecule has 0 aromatic carbocycles. The topological polar surface area (TPSA) is 26.7 Å². The van der Waals surface area contributed by atoms with Gasteiger partial charge in [0, 0.05) is 44.3 Å². The van der Waals surface area contributed by atoms with E-state index in [0.717, 1.165) is 39.3 Å². The summed E-state index contributed by atoms with van der Waals surface area (Å²) in [5, 5.41) is 10.4. The molecule has 1 heterocycles. The molecule has 1 aliphatic rings. The quantitative estimate of drug-likeness (QED) is 0.787. The van der Waals surface area contributed by atoms with Gasteiger partial charge >= 0.3 is 0 Å². The smallest absolute Gasteiger partial charge is 0.0718 e. The third-order valence-corrected chi connectivity index (χ3v) is 2.59. The highest BCUT2D eigenvalue weighted by molar-refractivity contribution is 6.29. The van der Waals surface area contributed by atoms with E-state index in [1.54, 1.807) is 0 Å². The molecule has 1 fully saturated rings. The maximum atomic E-state index is 9.69. The SMILES string of the molecule is C=C(Cl)CN1CCN(CC(C)(C)O)CC1. The Labute approximate surface area is 97.3 Å². The third-order valence-electron chi connectivity index (χ3n) is 2.47. The first kappa shape index (κ1) is 13.0. The fourth-order valence-electron chi connectivity index (χ4n) is 1.90. The molecule has 0 unspecified atom stereocenters. The highest BCUT2D eigenvalue weighted by Gasteiger charge is 2.22. The van der Waals surface area contributed by atoms with E-state index in [1.807, 2.05) is 13.8 Å². The molecule has 88 valence electrons. The van der Waals surface area contributed by atoms with Gasteiger partial charge in [-0.05, 0) is 13.8 Å². The Hall–Kier alpha value is -0.0900. The summed E-state index contributed by atoms with van der Waals surface area (Å²) < 4.78 is 0. The summed E-state index contributed by atoms with van der Waals surface area (Å²) >= 11 is 5.76. The maximum absolute atomic E-state index is 9.69. The zero-order valence-corrected chi connectivity index (χ0v) is 10.4. The number of β-amino-alcohol motifs (C(OH)–C–C–N with tert-alkyl or cyclic N) is 1. The van der Waals surface area contributed by atoms with Gasteiger partial charge in [-0.3, -0.25) is 9.80 Å². The monoisotopic (exact) mass is 232 g/mol. The van der Waals surface area contributed by atoms with Crippen LogP contribution in [0.3, 0.4) is 0 Å². The summed E-state index contributed by atoms with van der Waals surface area (Å²) in [5.74, 6) is 0. The summed E-state index contributed by atoms with van der Waals surface area (Å²) in [7, 11) is 0. The fraction of sp³-hybridized carbons (Fsp3) is 0.818. The average molecular weight is 233 g/mol. The Bertz CT molecular complexity index is 217. The van der Waals surface area contributed by atoms with Crippen molar-refractivity contribution in [3.63, 3.8) is 0 Å². The lowest BCUT2D eigenvalue weighted by Crippen LogP contribution is -2.50. The van der Waals surface area contributed by atoms with Crippen LogP contribution in [0.2, 0.25) is 0 Å². The van der Waals surface area contributed by atoms with Crippen molar-refractivity contribution in [1.82, 2.24) is 9.80 Å². The van der Waals surface area contributed by atoms with Crippen LogP contribution in [0.5, 0.6) is 0 Å². The minimum atomic E-state index is -0.599. The van der Waals surface area contributed by atoms with Crippen molar-refractivity contribution in [3.05, 3.63) is 11.6 Å². The largest absolute Gasteiger partial charge is 0.389 e. The van der Waals surface area contributed by atoms with Crippen molar-refractivity contribution in [2.45, 2.75) is 19.4 Å². The molecule has 0 amide bonds. The van der Waals surface area contributed by atoms with Gasteiger partial charge in [0.15, 0.2) is 0 Å². The zero-order chi connectivity index (χ0) is 11.5. The van der Waals surface area contributed by atoms with Crippen LogP contribution in [0.25, 0.3) is 0 Å². The summed E-state index contributed by atoms with van der Waals surface area (Å²) in [4.78, 5) is 4.57. The molecule has 1 aliphatic heterocycles. The molecule has 0 aromatic rings. The van der Waals surface area contributed by atoms with E-state index < -0.39 is 5.60 Å². The summed E-state index contributed by atoms with van der Waals surface area (Å²) in [5.41, 5.74) is -0.599. The highest BCUT2D eigenvalue weighted by atomic mass is 35.5. The minimum absolute atomic E-state index is 0.599. The highest BCUT2D eigenvalue weighted by Crippen LogP contribution is 2.10. The van der Waals surface area contributed by atoms with Crippen molar-refractivity contribution >= 4 is 11.6 Å². The van der Waals surface area contributed by atoms with Crippen molar-refractivity contribution in [3.8, 4) is 0 Å². The maximum Gasteiger partial charge on any atom is 0.0718 e. The average Bonchev–Trinajstić information content (AvgIpc) is 2.05. The molecule has 4 heteroatoms. The summed E-state index contributed by atoms with van der Waals surface area (Å²) in [6.45, 7) is 12.9. The number of rotatable bonds is 4. The fourth-order valence-corrected chi connectivity index (χ4v) is 2.06. The Morgan fingerprint density at radius 3 is 2.13 bits per heavy atom. The Kier molecular flexibility index (Phi) is 4.59. The van der Waals surface area contributed by atoms with Crippen LogP contribution >= 0.6 is 11.6 Å². The van der Waals surface area contributed by atoms with Gasteiger partial charge in [0.1, 0.15) is 0 Å². The van der Waals surface area contributed by atoms with Crippen LogP contribution in [-0.4, -0.2) is 59.8 Å². The Balaban J connectivity index is 2.27. The van der Waals surface area contributed by atoms with Gasteiger partial charge in [-0.25, -0.2) is 0 Å². The second-order valence-corrected chi connectivity index (χ2v) is 5.42. The predicted octanol–water partition coefficient (Wildman–Crippen LogP) is 1.13. The number of halogens is 1. The molecule has 15 heavy (non-hydrogen) atoms. The van der Waals surface area contributed by atoms with Crippen LogP contribution in [0.15, 0.2) is 11.6 Å². The molecule has 0 saturated carbocycles. The molecular formula is C11H21ClN2O. The van der Waals surface area contributed by atoms with Crippen molar-refractivity contribution in [1.29, 1.82) is 0 Å². The molecule has 1 saturated heterocycles. The summed E-state index contributed by atoms with van der Waals surface area (Å²) in [6, 6.07) is 0. The molecule has 0 bridgehead atoms. The second-order valence-electron chi connectivity index (χ2n) is 4.88. The van der Waals surface area contributed by atoms with Crippen LogP contribution in [0, 0.1) is 0 Å². The number of nitrogens with zero attached hydrogens (tertiary/aromatic N) is 2. The molecule has 1 rings (SSSR count). The third kappa shape index (κ3) is 5.52. The van der Waals surface area contributed by atoms with Gasteiger partial charge in [0.05, 0.1) is 5.60 Å². The molecule has 0 aromatic heterocycles. The lowest BCUT2D eigenvalue weighted by atomic mass is 10.1. The van der Waals surface area contributed by atoms with Gasteiger partial charge in [0.25, 0.3) is 0 Å². The number of hydrogen-bond donors (Lipinski definition) is 1. The van der Waals surface area contributed by atoms with Gasteiger partial charge < -0.3 is 5.11 Å². The van der Waals surface area contributed by atoms with Crippen molar-refractivity contribution < 1.29 is 5.11 Å². The first-order valence-electron chi connectivity index (χ1n) is 5.37. The summed E-state index contributed by atoms with van der Waals surface area (Å²) in [6.07, 6.45) is 0. The van der Waals surface area contributed by atoms with Crippen LogP contribution in [-0.2, 0) is 0 Å². The number of aliphatic hydroxyl groups is 1. The number of piperazine rings is 1. The minimum Gasteiger partial charge on any atom is -0.389 e. The predicted molar refractivity (Wildman–Crippen MR) is 64.2 cm³/mol. The normalized spacial score (nSPS) is 20.5. The van der Waals surface area contributed by atoms with Crippen LogP contribution in [0.1, 0.15) is 13.8 Å². The number of hydrogen-bond acceptors (Lipinski definition) is 3. The lowest BCUT2D eigenvalue weighted by Gasteiger charge is -2.37. The zero-order valence-electron chi connectivity index (χ0n) is 9.67. The van der Waals surface area contributed by atoms with Crippen molar-refractivity contribution in [2.75, 3.05) is 39.3 Å². The van der Waals surface area contributed by atoms with Gasteiger partial charge in [-0.15, -0.1) is 0 Å². The van der Waals surface area contributed by atoms with E-state index in [2.05, 4.69) is 16.4 Å². The lowest BCUT2D eigenvalue weighted by molar-refractivity contribution is 0.0192. The van der Waals surface area contributed by atoms with Crippen LogP contribution in [0.4, 0.5) is 0 Å². The van der Waals surface area contributed by atoms with E-state index in [1.165, 1.54) is 0 Å². The van der Waals surface area contributed by atoms with E-state index in [4.69, 9.17) is 11.6 Å². The molecule has 1 N–H and O–H groups in total. The van der Waals surface area contributed by atoms with E-state index in [0.29, 0.717) is 5.03 Å². The van der Waals surface area contributed by atoms with E-state index in [9.17, 15) is 5.11 Å². The molecule has 0 atom stereocenters. The van der Waals surface area contributed by atoms with Crippen molar-refractivity contribution in [2.24, 2.45) is 0 Å². The second kappa shape index (κ2) is 5.30. The standard InChI is InChI=1S/C11H21ClN2O/c1-10(12)8-13-4-6-14(7-5-13)9-11(2,3)15/h15H,1,4-9H2,2-3H3. The van der Waals surface area contributed by atoms with Gasteiger partial charge in [-0.1, -0.05) is 18.2 Å². The Morgan fingerprint density at radius 1 is 1.27 bits per heavy atom. The first-order chi connectivity index (χ1) is 6.87. The Morgan fingerprint density at radius 2 is 1.73 bits per heavy atom. The van der Waals surface area contributed by atoms with Crippen LogP contribution < -0.4 is 0 Å². The van der Waals surface area contributed by atoms with E-state index in [-0.39, 0.29) is 0 Å². The molecule has 0 radical (unpaired) electrons.